The van der Waals surface area contributed by atoms with Gasteiger partial charge in [-0.15, -0.1) is 0 Å². The largest absolute Gasteiger partial charge is 0.394 e. The van der Waals surface area contributed by atoms with Gasteiger partial charge in [0.25, 0.3) is 0 Å². The molecule has 0 spiro atoms. The lowest BCUT2D eigenvalue weighted by molar-refractivity contribution is -0.253. The zero-order valence-electron chi connectivity index (χ0n) is 8.91. The highest BCUT2D eigenvalue weighted by Crippen LogP contribution is 2.19. The fraction of sp³-hybridized carbons (Fsp3) is 0.889. The maximum Gasteiger partial charge on any atom is 0.220 e. The van der Waals surface area contributed by atoms with Crippen LogP contribution in [0, 0.1) is 0 Å². The maximum absolute atomic E-state index is 11.1. The fourth-order valence-corrected chi connectivity index (χ4v) is 1.54. The van der Waals surface area contributed by atoms with Gasteiger partial charge in [-0.3, -0.25) is 4.79 Å². The highest BCUT2D eigenvalue weighted by Gasteiger charge is 2.44. The smallest absolute Gasteiger partial charge is 0.220 e. The minimum absolute atomic E-state index is 0.190. The Morgan fingerprint density at radius 2 is 1.94 bits per heavy atom. The van der Waals surface area contributed by atoms with Crippen molar-refractivity contribution >= 4 is 5.91 Å². The Morgan fingerprint density at radius 1 is 1.31 bits per heavy atom. The molecular weight excluding hydrogens is 218 g/mol. The van der Waals surface area contributed by atoms with Crippen molar-refractivity contribution in [1.29, 1.82) is 0 Å². The van der Waals surface area contributed by atoms with Gasteiger partial charge in [-0.25, -0.2) is 0 Å². The molecule has 5 N–H and O–H groups in total. The van der Waals surface area contributed by atoms with Crippen molar-refractivity contribution in [2.24, 2.45) is 0 Å². The lowest BCUT2D eigenvalue weighted by Gasteiger charge is -2.40. The Bertz CT molecular complexity index is 248. The molecule has 7 nitrogen and oxygen atoms in total. The van der Waals surface area contributed by atoms with Gasteiger partial charge in [0.2, 0.25) is 5.91 Å². The number of aliphatic hydroxyl groups excluding tert-OH is 4. The molecule has 1 amide bonds. The molecule has 0 aromatic carbocycles. The third-order valence-electron chi connectivity index (χ3n) is 2.55. The van der Waals surface area contributed by atoms with E-state index in [0.29, 0.717) is 0 Å². The molecule has 5 atom stereocenters. The molecule has 1 saturated heterocycles. The number of aliphatic hydroxyl groups is 4. The second-order valence-electron chi connectivity index (χ2n) is 3.68. The molecule has 0 radical (unpaired) electrons. The van der Waals surface area contributed by atoms with Crippen LogP contribution in [0.1, 0.15) is 13.3 Å². The van der Waals surface area contributed by atoms with Gasteiger partial charge >= 0.3 is 0 Å². The van der Waals surface area contributed by atoms with Crippen LogP contribution < -0.4 is 5.32 Å². The summed E-state index contributed by atoms with van der Waals surface area (Å²) in [5.74, 6) is -0.374. The Labute approximate surface area is 92.7 Å². The molecule has 0 aliphatic carbocycles. The summed E-state index contributed by atoms with van der Waals surface area (Å²) >= 11 is 0. The second kappa shape index (κ2) is 5.55. The van der Waals surface area contributed by atoms with Crippen LogP contribution in [0.2, 0.25) is 0 Å². The van der Waals surface area contributed by atoms with E-state index in [1.54, 1.807) is 6.92 Å². The molecule has 0 saturated carbocycles. The molecule has 1 fully saturated rings. The summed E-state index contributed by atoms with van der Waals surface area (Å²) < 4.78 is 4.86. The SMILES string of the molecule is CCC(=O)N[C@H]1C(O)O[C@H](CO)[C@H](O)[C@@H]1O. The number of ether oxygens (including phenoxy) is 1. The van der Waals surface area contributed by atoms with Crippen LogP contribution in [0.25, 0.3) is 0 Å². The third kappa shape index (κ3) is 2.69. The van der Waals surface area contributed by atoms with Gasteiger partial charge in [-0.2, -0.15) is 0 Å². The number of hydrogen-bond acceptors (Lipinski definition) is 6. The van der Waals surface area contributed by atoms with Gasteiger partial charge in [0.05, 0.1) is 6.61 Å². The van der Waals surface area contributed by atoms with Crippen molar-refractivity contribution in [3.8, 4) is 0 Å². The number of carbonyl (C=O) groups excluding carboxylic acids is 1. The predicted octanol–water partition coefficient (Wildman–Crippen LogP) is -2.69. The minimum Gasteiger partial charge on any atom is -0.394 e. The number of amides is 1. The number of carbonyl (C=O) groups is 1. The first-order valence-electron chi connectivity index (χ1n) is 5.11. The Hall–Kier alpha value is -0.730. The van der Waals surface area contributed by atoms with Crippen LogP contribution in [0.15, 0.2) is 0 Å². The van der Waals surface area contributed by atoms with Crippen molar-refractivity contribution in [1.82, 2.24) is 5.32 Å². The maximum atomic E-state index is 11.1. The molecule has 16 heavy (non-hydrogen) atoms. The molecule has 0 aromatic heterocycles. The van der Waals surface area contributed by atoms with Crippen molar-refractivity contribution < 1.29 is 30.0 Å². The number of rotatable bonds is 3. The standard InChI is InChI=1S/C9H17NO6/c1-2-5(12)10-6-8(14)7(13)4(3-11)16-9(6)15/h4,6-9,11,13-15H,2-3H2,1H3,(H,10,12)/t4-,6-,7+,8-,9?/m1/s1. The van der Waals surface area contributed by atoms with E-state index in [1.807, 2.05) is 0 Å². The van der Waals surface area contributed by atoms with Crippen LogP contribution >= 0.6 is 0 Å². The van der Waals surface area contributed by atoms with E-state index >= 15 is 0 Å². The van der Waals surface area contributed by atoms with E-state index in [1.165, 1.54) is 0 Å². The fourth-order valence-electron chi connectivity index (χ4n) is 1.54. The first-order valence-corrected chi connectivity index (χ1v) is 5.11. The van der Waals surface area contributed by atoms with Gasteiger partial charge in [0.15, 0.2) is 6.29 Å². The second-order valence-corrected chi connectivity index (χ2v) is 3.68. The quantitative estimate of drug-likeness (QED) is 0.363. The van der Waals surface area contributed by atoms with Crippen molar-refractivity contribution in [2.75, 3.05) is 6.61 Å². The molecule has 1 heterocycles. The summed E-state index contributed by atoms with van der Waals surface area (Å²) in [7, 11) is 0. The summed E-state index contributed by atoms with van der Waals surface area (Å²) in [6.07, 6.45) is -5.05. The highest BCUT2D eigenvalue weighted by molar-refractivity contribution is 5.76. The van der Waals surface area contributed by atoms with Crippen LogP contribution in [-0.2, 0) is 9.53 Å². The molecule has 1 rings (SSSR count). The monoisotopic (exact) mass is 235 g/mol. The van der Waals surface area contributed by atoms with Crippen LogP contribution in [0.4, 0.5) is 0 Å². The van der Waals surface area contributed by atoms with Crippen LogP contribution in [-0.4, -0.2) is 63.6 Å². The average molecular weight is 235 g/mol. The molecule has 94 valence electrons. The number of nitrogens with one attached hydrogen (secondary N) is 1. The van der Waals surface area contributed by atoms with Crippen LogP contribution in [0.3, 0.4) is 0 Å². The zero-order valence-corrected chi connectivity index (χ0v) is 8.91. The molecule has 1 aliphatic heterocycles. The lowest BCUT2D eigenvalue weighted by atomic mass is 9.97. The van der Waals surface area contributed by atoms with E-state index in [9.17, 15) is 20.1 Å². The number of hydrogen-bond donors (Lipinski definition) is 5. The minimum atomic E-state index is -1.45. The van der Waals surface area contributed by atoms with Gasteiger partial charge in [-0.1, -0.05) is 6.92 Å². The summed E-state index contributed by atoms with van der Waals surface area (Å²) in [6.45, 7) is 1.09. The lowest BCUT2D eigenvalue weighted by Crippen LogP contribution is -2.64. The molecule has 7 heteroatoms. The van der Waals surface area contributed by atoms with Gasteiger partial charge in [0, 0.05) is 6.42 Å². The molecular formula is C9H17NO6. The van der Waals surface area contributed by atoms with E-state index in [0.717, 1.165) is 0 Å². The van der Waals surface area contributed by atoms with Gasteiger partial charge in [0.1, 0.15) is 24.4 Å². The third-order valence-corrected chi connectivity index (χ3v) is 2.55. The average Bonchev–Trinajstić information content (AvgIpc) is 2.28. The summed E-state index contributed by atoms with van der Waals surface area (Å²) in [5.41, 5.74) is 0. The van der Waals surface area contributed by atoms with Gasteiger partial charge in [-0.05, 0) is 0 Å². The molecule has 0 bridgehead atoms. The van der Waals surface area contributed by atoms with Gasteiger partial charge < -0.3 is 30.5 Å². The van der Waals surface area contributed by atoms with E-state index in [4.69, 9.17) is 9.84 Å². The normalized spacial score (nSPS) is 39.4. The summed E-state index contributed by atoms with van der Waals surface area (Å²) in [6, 6.07) is -1.09. The van der Waals surface area contributed by atoms with Crippen LogP contribution in [0.5, 0.6) is 0 Å². The topological polar surface area (TPSA) is 119 Å². The molecule has 0 aromatic rings. The van der Waals surface area contributed by atoms with E-state index in [2.05, 4.69) is 5.32 Å². The van der Waals surface area contributed by atoms with Crippen molar-refractivity contribution in [3.05, 3.63) is 0 Å². The summed E-state index contributed by atoms with van der Waals surface area (Å²) in [4.78, 5) is 11.1. The Morgan fingerprint density at radius 3 is 2.44 bits per heavy atom. The zero-order chi connectivity index (χ0) is 12.3. The Kier molecular flexibility index (Phi) is 4.63. The molecule has 1 aliphatic rings. The Balaban J connectivity index is 2.67. The van der Waals surface area contributed by atoms with E-state index in [-0.39, 0.29) is 12.3 Å². The molecule has 1 unspecified atom stereocenters. The predicted molar refractivity (Wildman–Crippen MR) is 52.2 cm³/mol. The first-order chi connectivity index (χ1) is 7.51. The summed E-state index contributed by atoms with van der Waals surface area (Å²) in [5, 5.41) is 39.8. The van der Waals surface area contributed by atoms with E-state index < -0.39 is 37.3 Å². The van der Waals surface area contributed by atoms with Crippen molar-refractivity contribution in [3.63, 3.8) is 0 Å². The highest BCUT2D eigenvalue weighted by atomic mass is 16.6. The first kappa shape index (κ1) is 13.3. The van der Waals surface area contributed by atoms with Crippen molar-refractivity contribution in [2.45, 2.75) is 44.0 Å².